The van der Waals surface area contributed by atoms with E-state index in [1.807, 2.05) is 0 Å². The Kier molecular flexibility index (Phi) is 6.59. The molecule has 1 aromatic carbocycles. The van der Waals surface area contributed by atoms with Crippen LogP contribution in [0.2, 0.25) is 0 Å². The first kappa shape index (κ1) is 20.3. The number of hydrogen-bond donors (Lipinski definition) is 1. The van der Waals surface area contributed by atoms with E-state index >= 15 is 0 Å². The molecule has 0 aromatic heterocycles. The number of hydrogen-bond acceptors (Lipinski definition) is 3. The molecule has 2 aliphatic heterocycles. The molecule has 150 valence electrons. The molecular weight excluding hydrogens is 336 g/mol. The van der Waals surface area contributed by atoms with Crippen LogP contribution in [0, 0.1) is 12.8 Å². The third-order valence-corrected chi connectivity index (χ3v) is 6.73. The third-order valence-electron chi connectivity index (χ3n) is 6.73. The SMILES string of the molecule is CCC1(O)CCN(C2CCN(C(=O)[C@H](C)Cc3cccc(C)c3)CC2)CC1. The largest absolute Gasteiger partial charge is 0.390 e. The first-order chi connectivity index (χ1) is 12.9. The number of rotatable bonds is 5. The molecule has 1 atom stereocenters. The molecule has 2 heterocycles. The summed E-state index contributed by atoms with van der Waals surface area (Å²) in [5.41, 5.74) is 2.06. The monoisotopic (exact) mass is 372 g/mol. The lowest BCUT2D eigenvalue weighted by molar-refractivity contribution is -0.136. The minimum atomic E-state index is -0.446. The number of amides is 1. The van der Waals surface area contributed by atoms with E-state index in [0.29, 0.717) is 11.9 Å². The molecule has 4 heteroatoms. The van der Waals surface area contributed by atoms with Gasteiger partial charge in [-0.25, -0.2) is 0 Å². The molecule has 0 radical (unpaired) electrons. The Morgan fingerprint density at radius 1 is 1.22 bits per heavy atom. The zero-order chi connectivity index (χ0) is 19.4. The maximum atomic E-state index is 12.9. The molecule has 0 spiro atoms. The highest BCUT2D eigenvalue weighted by Gasteiger charge is 2.35. The van der Waals surface area contributed by atoms with E-state index < -0.39 is 5.60 Å². The molecule has 2 saturated heterocycles. The lowest BCUT2D eigenvalue weighted by Crippen LogP contribution is -2.52. The lowest BCUT2D eigenvalue weighted by Gasteiger charge is -2.44. The second kappa shape index (κ2) is 8.74. The van der Waals surface area contributed by atoms with Crippen LogP contribution in [0.25, 0.3) is 0 Å². The molecule has 27 heavy (non-hydrogen) atoms. The van der Waals surface area contributed by atoms with E-state index in [0.717, 1.165) is 64.7 Å². The highest BCUT2D eigenvalue weighted by Crippen LogP contribution is 2.29. The molecule has 0 unspecified atom stereocenters. The molecule has 0 saturated carbocycles. The minimum absolute atomic E-state index is 0.0397. The summed E-state index contributed by atoms with van der Waals surface area (Å²) in [5, 5.41) is 10.4. The van der Waals surface area contributed by atoms with E-state index in [1.165, 1.54) is 11.1 Å². The summed E-state index contributed by atoms with van der Waals surface area (Å²) in [6, 6.07) is 9.05. The van der Waals surface area contributed by atoms with Gasteiger partial charge in [0.1, 0.15) is 0 Å². The summed E-state index contributed by atoms with van der Waals surface area (Å²) in [4.78, 5) is 17.5. The molecule has 1 N–H and O–H groups in total. The van der Waals surface area contributed by atoms with E-state index in [-0.39, 0.29) is 5.92 Å². The van der Waals surface area contributed by atoms with Gasteiger partial charge in [-0.3, -0.25) is 4.79 Å². The zero-order valence-electron chi connectivity index (χ0n) is 17.3. The van der Waals surface area contributed by atoms with Gasteiger partial charge in [0.05, 0.1) is 5.60 Å². The number of piperidine rings is 2. The van der Waals surface area contributed by atoms with Crippen molar-refractivity contribution in [1.29, 1.82) is 0 Å². The highest BCUT2D eigenvalue weighted by molar-refractivity contribution is 5.78. The minimum Gasteiger partial charge on any atom is -0.390 e. The molecule has 1 aromatic rings. The summed E-state index contributed by atoms with van der Waals surface area (Å²) in [5.74, 6) is 0.340. The standard InChI is InChI=1S/C23H36N2O2/c1-4-23(27)10-14-24(15-11-23)21-8-12-25(13-9-21)22(26)19(3)17-20-7-5-6-18(2)16-20/h5-7,16,19,21,27H,4,8-15,17H2,1-3H3/t19-/m1/s1. The van der Waals surface area contributed by atoms with Gasteiger partial charge in [0.25, 0.3) is 0 Å². The fourth-order valence-corrected chi connectivity index (χ4v) is 4.70. The van der Waals surface area contributed by atoms with E-state index in [4.69, 9.17) is 0 Å². The van der Waals surface area contributed by atoms with Gasteiger partial charge in [0, 0.05) is 38.1 Å². The topological polar surface area (TPSA) is 43.8 Å². The van der Waals surface area contributed by atoms with Crippen LogP contribution < -0.4 is 0 Å². The molecule has 2 fully saturated rings. The molecular formula is C23H36N2O2. The van der Waals surface area contributed by atoms with Gasteiger partial charge in [0.15, 0.2) is 0 Å². The number of likely N-dealkylation sites (tertiary alicyclic amines) is 2. The zero-order valence-corrected chi connectivity index (χ0v) is 17.3. The van der Waals surface area contributed by atoms with E-state index in [9.17, 15) is 9.90 Å². The quantitative estimate of drug-likeness (QED) is 0.861. The van der Waals surface area contributed by atoms with Gasteiger partial charge in [-0.1, -0.05) is 43.7 Å². The van der Waals surface area contributed by atoms with Gasteiger partial charge < -0.3 is 14.9 Å². The van der Waals surface area contributed by atoms with Crippen molar-refractivity contribution in [2.24, 2.45) is 5.92 Å². The summed E-state index contributed by atoms with van der Waals surface area (Å²) >= 11 is 0. The summed E-state index contributed by atoms with van der Waals surface area (Å²) < 4.78 is 0. The van der Waals surface area contributed by atoms with Crippen LogP contribution >= 0.6 is 0 Å². The third kappa shape index (κ3) is 5.11. The molecule has 3 rings (SSSR count). The predicted molar refractivity (Wildman–Crippen MR) is 110 cm³/mol. The van der Waals surface area contributed by atoms with Crippen molar-refractivity contribution in [1.82, 2.24) is 9.80 Å². The van der Waals surface area contributed by atoms with Crippen molar-refractivity contribution in [3.8, 4) is 0 Å². The fraction of sp³-hybridized carbons (Fsp3) is 0.696. The smallest absolute Gasteiger partial charge is 0.225 e. The molecule has 1 amide bonds. The van der Waals surface area contributed by atoms with Gasteiger partial charge in [0.2, 0.25) is 5.91 Å². The van der Waals surface area contributed by atoms with Crippen molar-refractivity contribution in [2.45, 2.75) is 70.9 Å². The summed E-state index contributed by atoms with van der Waals surface area (Å²) in [6.07, 6.45) is 5.57. The summed E-state index contributed by atoms with van der Waals surface area (Å²) in [6.45, 7) is 9.97. The molecule has 0 aliphatic carbocycles. The lowest BCUT2D eigenvalue weighted by atomic mass is 9.87. The Labute approximate surface area is 164 Å². The van der Waals surface area contributed by atoms with Crippen LogP contribution in [-0.4, -0.2) is 58.6 Å². The van der Waals surface area contributed by atoms with E-state index in [1.54, 1.807) is 0 Å². The van der Waals surface area contributed by atoms with Crippen molar-refractivity contribution < 1.29 is 9.90 Å². The number of carbonyl (C=O) groups excluding carboxylic acids is 1. The molecule has 2 aliphatic rings. The predicted octanol–water partition coefficient (Wildman–Crippen LogP) is 3.40. The Morgan fingerprint density at radius 2 is 1.89 bits per heavy atom. The van der Waals surface area contributed by atoms with Crippen LogP contribution in [0.4, 0.5) is 0 Å². The average Bonchev–Trinajstić information content (AvgIpc) is 2.68. The average molecular weight is 373 g/mol. The van der Waals surface area contributed by atoms with E-state index in [2.05, 4.69) is 54.8 Å². The van der Waals surface area contributed by atoms with Crippen molar-refractivity contribution in [3.63, 3.8) is 0 Å². The van der Waals surface area contributed by atoms with Crippen LogP contribution in [0.1, 0.15) is 57.1 Å². The first-order valence-electron chi connectivity index (χ1n) is 10.7. The number of nitrogens with zero attached hydrogens (tertiary/aromatic N) is 2. The van der Waals surface area contributed by atoms with Gasteiger partial charge in [-0.2, -0.15) is 0 Å². The Bertz CT molecular complexity index is 629. The normalized spacial score (nSPS) is 22.6. The number of aryl methyl sites for hydroxylation is 1. The maximum absolute atomic E-state index is 12.9. The maximum Gasteiger partial charge on any atom is 0.225 e. The van der Waals surface area contributed by atoms with Gasteiger partial charge in [-0.05, 0) is 51.0 Å². The number of aliphatic hydroxyl groups is 1. The first-order valence-corrected chi connectivity index (χ1v) is 10.7. The molecule has 0 bridgehead atoms. The van der Waals surface area contributed by atoms with Gasteiger partial charge >= 0.3 is 0 Å². The van der Waals surface area contributed by atoms with Gasteiger partial charge in [-0.15, -0.1) is 0 Å². The molecule has 4 nitrogen and oxygen atoms in total. The number of carbonyl (C=O) groups is 1. The van der Waals surface area contributed by atoms with Crippen molar-refractivity contribution >= 4 is 5.91 Å². The van der Waals surface area contributed by atoms with Crippen LogP contribution in [-0.2, 0) is 11.2 Å². The van der Waals surface area contributed by atoms with Crippen LogP contribution in [0.15, 0.2) is 24.3 Å². The van der Waals surface area contributed by atoms with Crippen molar-refractivity contribution in [2.75, 3.05) is 26.2 Å². The highest BCUT2D eigenvalue weighted by atomic mass is 16.3. The Morgan fingerprint density at radius 3 is 2.48 bits per heavy atom. The second-order valence-corrected chi connectivity index (χ2v) is 8.76. The Hall–Kier alpha value is -1.39. The fourth-order valence-electron chi connectivity index (χ4n) is 4.70. The second-order valence-electron chi connectivity index (χ2n) is 8.76. The van der Waals surface area contributed by atoms with Crippen LogP contribution in [0.3, 0.4) is 0 Å². The van der Waals surface area contributed by atoms with Crippen molar-refractivity contribution in [3.05, 3.63) is 35.4 Å². The summed E-state index contributed by atoms with van der Waals surface area (Å²) in [7, 11) is 0. The Balaban J connectivity index is 1.46. The van der Waals surface area contributed by atoms with Crippen LogP contribution in [0.5, 0.6) is 0 Å². The number of benzene rings is 1.